The summed E-state index contributed by atoms with van der Waals surface area (Å²) in [6.07, 6.45) is 1.21. The van der Waals surface area contributed by atoms with E-state index in [0.29, 0.717) is 5.56 Å². The molecule has 19 heavy (non-hydrogen) atoms. The van der Waals surface area contributed by atoms with E-state index in [2.05, 4.69) is 10.3 Å². The largest absolute Gasteiger partial charge is 0.508 e. The summed E-state index contributed by atoms with van der Waals surface area (Å²) in [4.78, 5) is 11.2. The van der Waals surface area contributed by atoms with E-state index in [9.17, 15) is 15.0 Å². The van der Waals surface area contributed by atoms with Gasteiger partial charge in [0, 0.05) is 6.07 Å². The lowest BCUT2D eigenvalue weighted by Gasteiger charge is -2.13. The first-order chi connectivity index (χ1) is 8.91. The number of amides is 1. The molecule has 4 N–H and O–H groups in total. The molecule has 0 spiro atoms. The summed E-state index contributed by atoms with van der Waals surface area (Å²) in [5.41, 5.74) is 6.12. The molecule has 1 heterocycles. The summed E-state index contributed by atoms with van der Waals surface area (Å²) < 4.78 is 1.14. The Morgan fingerprint density at radius 3 is 2.58 bits per heavy atom. The first kappa shape index (κ1) is 12.9. The quantitative estimate of drug-likeness (QED) is 0.760. The highest BCUT2D eigenvalue weighted by molar-refractivity contribution is 5.91. The van der Waals surface area contributed by atoms with Gasteiger partial charge in [-0.2, -0.15) is 0 Å². The van der Waals surface area contributed by atoms with Crippen LogP contribution in [0.1, 0.15) is 35.8 Å². The second kappa shape index (κ2) is 4.60. The molecule has 0 aliphatic rings. The van der Waals surface area contributed by atoms with Crippen molar-refractivity contribution in [1.82, 2.24) is 15.0 Å². The zero-order chi connectivity index (χ0) is 14.2. The predicted octanol–water partition coefficient (Wildman–Crippen LogP) is 0.901. The number of nitrogens with zero attached hydrogens (tertiary/aromatic N) is 3. The van der Waals surface area contributed by atoms with Gasteiger partial charge in [0.25, 0.3) is 5.91 Å². The molecule has 7 nitrogen and oxygen atoms in total. The van der Waals surface area contributed by atoms with Crippen LogP contribution in [0.5, 0.6) is 11.5 Å². The van der Waals surface area contributed by atoms with Crippen LogP contribution in [-0.2, 0) is 0 Å². The normalized spacial score (nSPS) is 10.9. The second-order valence-electron chi connectivity index (χ2n) is 4.45. The van der Waals surface area contributed by atoms with Crippen molar-refractivity contribution < 1.29 is 15.0 Å². The van der Waals surface area contributed by atoms with Crippen molar-refractivity contribution >= 4 is 5.91 Å². The summed E-state index contributed by atoms with van der Waals surface area (Å²) in [6.45, 7) is 3.79. The SMILES string of the molecule is CC(C)c1cc(-n2nncc2C(N)=O)c(O)cc1O. The minimum absolute atomic E-state index is 0.0167. The molecule has 0 saturated carbocycles. The average molecular weight is 262 g/mol. The van der Waals surface area contributed by atoms with E-state index in [4.69, 9.17) is 5.73 Å². The van der Waals surface area contributed by atoms with Gasteiger partial charge in [-0.05, 0) is 17.5 Å². The summed E-state index contributed by atoms with van der Waals surface area (Å²) in [7, 11) is 0. The van der Waals surface area contributed by atoms with Crippen LogP contribution in [0.15, 0.2) is 18.3 Å². The molecule has 0 aliphatic heterocycles. The first-order valence-corrected chi connectivity index (χ1v) is 5.68. The molecular weight excluding hydrogens is 248 g/mol. The monoisotopic (exact) mass is 262 g/mol. The molecule has 7 heteroatoms. The number of hydrogen-bond donors (Lipinski definition) is 3. The fourth-order valence-corrected chi connectivity index (χ4v) is 1.79. The Labute approximate surface area is 109 Å². The van der Waals surface area contributed by atoms with Gasteiger partial charge < -0.3 is 15.9 Å². The van der Waals surface area contributed by atoms with Crippen molar-refractivity contribution in [2.45, 2.75) is 19.8 Å². The number of aromatic hydroxyl groups is 2. The van der Waals surface area contributed by atoms with Gasteiger partial charge >= 0.3 is 0 Å². The molecule has 0 bridgehead atoms. The van der Waals surface area contributed by atoms with Crippen LogP contribution < -0.4 is 5.73 Å². The van der Waals surface area contributed by atoms with Gasteiger partial charge in [-0.3, -0.25) is 4.79 Å². The second-order valence-corrected chi connectivity index (χ2v) is 4.45. The van der Waals surface area contributed by atoms with Crippen molar-refractivity contribution in [1.29, 1.82) is 0 Å². The number of phenolic OH excluding ortho intramolecular Hbond substituents is 2. The maximum Gasteiger partial charge on any atom is 0.269 e. The van der Waals surface area contributed by atoms with Crippen molar-refractivity contribution in [3.05, 3.63) is 29.6 Å². The number of primary amides is 1. The molecule has 0 unspecified atom stereocenters. The van der Waals surface area contributed by atoms with Gasteiger partial charge in [0.1, 0.15) is 17.2 Å². The van der Waals surface area contributed by atoms with E-state index in [1.807, 2.05) is 13.8 Å². The number of nitrogens with two attached hydrogens (primary N) is 1. The first-order valence-electron chi connectivity index (χ1n) is 5.68. The number of phenols is 2. The topological polar surface area (TPSA) is 114 Å². The molecule has 0 saturated heterocycles. The van der Waals surface area contributed by atoms with Gasteiger partial charge in [0.2, 0.25) is 0 Å². The predicted molar refractivity (Wildman–Crippen MR) is 67.3 cm³/mol. The van der Waals surface area contributed by atoms with Crippen LogP contribution in [0, 0.1) is 0 Å². The van der Waals surface area contributed by atoms with Gasteiger partial charge in [0.15, 0.2) is 5.69 Å². The Morgan fingerprint density at radius 2 is 2.00 bits per heavy atom. The number of aromatic nitrogens is 3. The highest BCUT2D eigenvalue weighted by atomic mass is 16.3. The molecule has 0 aliphatic carbocycles. The van der Waals surface area contributed by atoms with Crippen LogP contribution in [0.2, 0.25) is 0 Å². The number of benzene rings is 1. The van der Waals surface area contributed by atoms with Crippen LogP contribution in [0.25, 0.3) is 5.69 Å². The number of carbonyl (C=O) groups is 1. The third-order valence-electron chi connectivity index (χ3n) is 2.78. The van der Waals surface area contributed by atoms with Gasteiger partial charge in [-0.15, -0.1) is 5.10 Å². The van der Waals surface area contributed by atoms with Crippen molar-refractivity contribution in [2.75, 3.05) is 0 Å². The van der Waals surface area contributed by atoms with E-state index < -0.39 is 5.91 Å². The van der Waals surface area contributed by atoms with Crippen LogP contribution >= 0.6 is 0 Å². The molecule has 0 fully saturated rings. The Morgan fingerprint density at radius 1 is 1.32 bits per heavy atom. The highest BCUT2D eigenvalue weighted by Crippen LogP contribution is 2.34. The summed E-state index contributed by atoms with van der Waals surface area (Å²) >= 11 is 0. The summed E-state index contributed by atoms with van der Waals surface area (Å²) in [6, 6.07) is 2.76. The molecule has 0 radical (unpaired) electrons. The lowest BCUT2D eigenvalue weighted by atomic mass is 10.0. The maximum absolute atomic E-state index is 11.2. The number of hydrogen-bond acceptors (Lipinski definition) is 5. The van der Waals surface area contributed by atoms with Gasteiger partial charge in [0.05, 0.1) is 6.20 Å². The van der Waals surface area contributed by atoms with E-state index in [0.717, 1.165) is 4.68 Å². The zero-order valence-electron chi connectivity index (χ0n) is 10.5. The van der Waals surface area contributed by atoms with Crippen LogP contribution in [0.4, 0.5) is 0 Å². The minimum Gasteiger partial charge on any atom is -0.508 e. The van der Waals surface area contributed by atoms with E-state index in [-0.39, 0.29) is 28.8 Å². The van der Waals surface area contributed by atoms with E-state index >= 15 is 0 Å². The summed E-state index contributed by atoms with van der Waals surface area (Å²) in [5, 5.41) is 27.0. The van der Waals surface area contributed by atoms with Gasteiger partial charge in [-0.1, -0.05) is 19.1 Å². The zero-order valence-corrected chi connectivity index (χ0v) is 10.5. The third kappa shape index (κ3) is 2.22. The lowest BCUT2D eigenvalue weighted by molar-refractivity contribution is 0.0993. The Kier molecular flexibility index (Phi) is 3.12. The van der Waals surface area contributed by atoms with Crippen LogP contribution in [-0.4, -0.2) is 31.1 Å². The standard InChI is InChI=1S/C12H14N4O3/c1-6(2)7-3-8(11(18)4-10(7)17)16-9(12(13)19)5-14-15-16/h3-6,17-18H,1-2H3,(H2,13,19). The van der Waals surface area contributed by atoms with Crippen LogP contribution in [0.3, 0.4) is 0 Å². The number of rotatable bonds is 3. The van der Waals surface area contributed by atoms with Gasteiger partial charge in [-0.25, -0.2) is 4.68 Å². The highest BCUT2D eigenvalue weighted by Gasteiger charge is 2.17. The molecular formula is C12H14N4O3. The fourth-order valence-electron chi connectivity index (χ4n) is 1.79. The molecule has 2 rings (SSSR count). The molecule has 1 aromatic carbocycles. The summed E-state index contributed by atoms with van der Waals surface area (Å²) in [5.74, 6) is -0.893. The number of carbonyl (C=O) groups excluding carboxylic acids is 1. The molecule has 1 aromatic heterocycles. The molecule has 0 atom stereocenters. The Balaban J connectivity index is 2.65. The average Bonchev–Trinajstić information content (AvgIpc) is 2.77. The molecule has 2 aromatic rings. The minimum atomic E-state index is -0.705. The Hall–Kier alpha value is -2.57. The van der Waals surface area contributed by atoms with Crippen molar-refractivity contribution in [3.63, 3.8) is 0 Å². The smallest absolute Gasteiger partial charge is 0.269 e. The molecule has 1 amide bonds. The van der Waals surface area contributed by atoms with Crippen molar-refractivity contribution in [2.24, 2.45) is 5.73 Å². The van der Waals surface area contributed by atoms with E-state index in [1.54, 1.807) is 6.07 Å². The Bertz CT molecular complexity index is 634. The van der Waals surface area contributed by atoms with Crippen molar-refractivity contribution in [3.8, 4) is 17.2 Å². The van der Waals surface area contributed by atoms with E-state index in [1.165, 1.54) is 12.3 Å². The third-order valence-corrected chi connectivity index (χ3v) is 2.78. The maximum atomic E-state index is 11.2. The fraction of sp³-hybridized carbons (Fsp3) is 0.250. The molecule has 100 valence electrons. The lowest BCUT2D eigenvalue weighted by Crippen LogP contribution is -2.16.